The Kier molecular flexibility index (Phi) is 1.62. The van der Waals surface area contributed by atoms with Crippen LogP contribution in [-0.4, -0.2) is 11.0 Å². The Hall–Kier alpha value is -1.45. The van der Waals surface area contributed by atoms with Crippen LogP contribution in [0.4, 0.5) is 4.39 Å². The van der Waals surface area contributed by atoms with Gasteiger partial charge in [-0.05, 0) is 12.1 Å². The molecule has 10 heavy (non-hydrogen) atoms. The second-order valence-electron chi connectivity index (χ2n) is 1.63. The fourth-order valence-electron chi connectivity index (χ4n) is 0.522. The summed E-state index contributed by atoms with van der Waals surface area (Å²) in [7, 11) is 0. The van der Waals surface area contributed by atoms with Gasteiger partial charge in [-0.1, -0.05) is 6.07 Å². The number of nitrogens with zero attached hydrogens (tertiary/aromatic N) is 1. The first-order valence-electron chi connectivity index (χ1n) is 2.54. The molecule has 0 radical (unpaired) electrons. The predicted octanol–water partition coefficient (Wildman–Crippen LogP) is -0.416. The fraction of sp³-hybridized carbons (Fsp3) is 0. The number of carbonyl (C=O) groups is 1. The van der Waals surface area contributed by atoms with Crippen LogP contribution in [0.2, 0.25) is 0 Å². The Bertz CT molecular complexity index is 262. The van der Waals surface area contributed by atoms with E-state index in [2.05, 4.69) is 4.98 Å². The van der Waals surface area contributed by atoms with Crippen LogP contribution in [0.5, 0.6) is 0 Å². The summed E-state index contributed by atoms with van der Waals surface area (Å²) in [5.41, 5.74) is -0.389. The third-order valence-corrected chi connectivity index (χ3v) is 0.924. The molecule has 0 spiro atoms. The number of carbonyl (C=O) groups excluding carboxylic acids is 1. The number of halogens is 1. The zero-order valence-corrected chi connectivity index (χ0v) is 4.87. The van der Waals surface area contributed by atoms with Crippen LogP contribution >= 0.6 is 0 Å². The third-order valence-electron chi connectivity index (χ3n) is 0.924. The van der Waals surface area contributed by atoms with Gasteiger partial charge in [0.25, 0.3) is 0 Å². The molecule has 0 saturated carbocycles. The number of hydrogen-bond donors (Lipinski definition) is 0. The largest absolute Gasteiger partial charge is 0.543 e. The van der Waals surface area contributed by atoms with Crippen LogP contribution in [0.3, 0.4) is 0 Å². The average molecular weight is 140 g/mol. The molecule has 0 unspecified atom stereocenters. The number of aromatic carboxylic acids is 1. The molecule has 0 bridgehead atoms. The van der Waals surface area contributed by atoms with Crippen molar-refractivity contribution in [2.75, 3.05) is 0 Å². The van der Waals surface area contributed by atoms with Gasteiger partial charge in [-0.3, -0.25) is 0 Å². The van der Waals surface area contributed by atoms with Crippen molar-refractivity contribution in [2.24, 2.45) is 0 Å². The SMILES string of the molecule is O=C([O-])c1cccc(F)n1. The number of rotatable bonds is 1. The maximum absolute atomic E-state index is 12.1. The van der Waals surface area contributed by atoms with E-state index >= 15 is 0 Å². The zero-order valence-electron chi connectivity index (χ0n) is 4.87. The molecule has 52 valence electrons. The summed E-state index contributed by atoms with van der Waals surface area (Å²) < 4.78 is 12.1. The van der Waals surface area contributed by atoms with Crippen molar-refractivity contribution in [3.8, 4) is 0 Å². The number of pyridine rings is 1. The summed E-state index contributed by atoms with van der Waals surface area (Å²) >= 11 is 0. The summed E-state index contributed by atoms with van der Waals surface area (Å²) in [6, 6.07) is 3.48. The van der Waals surface area contributed by atoms with Gasteiger partial charge < -0.3 is 9.90 Å². The lowest BCUT2D eigenvalue weighted by Gasteiger charge is -1.98. The average Bonchev–Trinajstić information content (AvgIpc) is 1.88. The minimum absolute atomic E-state index is 0.389. The molecule has 1 heterocycles. The maximum Gasteiger partial charge on any atom is 0.213 e. The molecular formula is C6H3FNO2-. The second-order valence-corrected chi connectivity index (χ2v) is 1.63. The standard InChI is InChI=1S/C6H4FNO2/c7-5-3-1-2-4(8-5)6(9)10/h1-3H,(H,9,10)/p-1. The van der Waals surface area contributed by atoms with Crippen molar-refractivity contribution in [2.45, 2.75) is 0 Å². The molecule has 0 saturated heterocycles. The molecule has 1 rings (SSSR count). The molecular weight excluding hydrogens is 137 g/mol. The molecule has 0 N–H and O–H groups in total. The van der Waals surface area contributed by atoms with Crippen molar-refractivity contribution < 1.29 is 14.3 Å². The monoisotopic (exact) mass is 140 g/mol. The molecule has 0 aromatic carbocycles. The van der Waals surface area contributed by atoms with Gasteiger partial charge in [0.05, 0.1) is 11.7 Å². The third kappa shape index (κ3) is 1.28. The smallest absolute Gasteiger partial charge is 0.213 e. The maximum atomic E-state index is 12.1. The highest BCUT2D eigenvalue weighted by atomic mass is 19.1. The molecule has 0 fully saturated rings. The highest BCUT2D eigenvalue weighted by molar-refractivity contribution is 5.83. The van der Waals surface area contributed by atoms with Gasteiger partial charge in [0.2, 0.25) is 5.95 Å². The summed E-state index contributed by atoms with van der Waals surface area (Å²) in [5.74, 6) is -2.29. The minimum atomic E-state index is -1.47. The van der Waals surface area contributed by atoms with Crippen LogP contribution < -0.4 is 5.11 Å². The Labute approximate surface area is 56.1 Å². The van der Waals surface area contributed by atoms with Crippen molar-refractivity contribution in [1.82, 2.24) is 4.98 Å². The quantitative estimate of drug-likeness (QED) is 0.498. The van der Waals surface area contributed by atoms with E-state index in [-0.39, 0.29) is 5.69 Å². The lowest BCUT2D eigenvalue weighted by molar-refractivity contribution is -0.255. The summed E-state index contributed by atoms with van der Waals surface area (Å²) in [4.78, 5) is 13.1. The Morgan fingerprint density at radius 3 is 2.70 bits per heavy atom. The Morgan fingerprint density at radius 2 is 2.30 bits per heavy atom. The van der Waals surface area contributed by atoms with E-state index in [0.29, 0.717) is 0 Å². The number of aromatic nitrogens is 1. The number of hydrogen-bond acceptors (Lipinski definition) is 3. The van der Waals surface area contributed by atoms with Crippen molar-refractivity contribution in [1.29, 1.82) is 0 Å². The normalized spacial score (nSPS) is 9.30. The number of carboxylic acids is 1. The van der Waals surface area contributed by atoms with Gasteiger partial charge in [0.15, 0.2) is 0 Å². The van der Waals surface area contributed by atoms with Gasteiger partial charge in [-0.25, -0.2) is 4.98 Å². The second kappa shape index (κ2) is 2.43. The summed E-state index contributed by atoms with van der Waals surface area (Å²) in [6.45, 7) is 0. The van der Waals surface area contributed by atoms with E-state index in [4.69, 9.17) is 0 Å². The van der Waals surface area contributed by atoms with Crippen molar-refractivity contribution >= 4 is 5.97 Å². The van der Waals surface area contributed by atoms with Crippen molar-refractivity contribution in [3.05, 3.63) is 29.8 Å². The van der Waals surface area contributed by atoms with Crippen LogP contribution in [0.1, 0.15) is 10.5 Å². The Morgan fingerprint density at radius 1 is 1.60 bits per heavy atom. The van der Waals surface area contributed by atoms with E-state index in [1.165, 1.54) is 12.1 Å². The van der Waals surface area contributed by atoms with E-state index < -0.39 is 11.9 Å². The van der Waals surface area contributed by atoms with E-state index in [9.17, 15) is 14.3 Å². The van der Waals surface area contributed by atoms with Crippen LogP contribution in [0.25, 0.3) is 0 Å². The molecule has 4 heteroatoms. The first-order chi connectivity index (χ1) is 4.70. The molecule has 3 nitrogen and oxygen atoms in total. The van der Waals surface area contributed by atoms with Crippen LogP contribution in [-0.2, 0) is 0 Å². The first-order valence-corrected chi connectivity index (χ1v) is 2.54. The van der Waals surface area contributed by atoms with Gasteiger partial charge in [0, 0.05) is 0 Å². The lowest BCUT2D eigenvalue weighted by Crippen LogP contribution is -2.23. The lowest BCUT2D eigenvalue weighted by atomic mass is 10.3. The first kappa shape index (κ1) is 6.67. The molecule has 0 amide bonds. The minimum Gasteiger partial charge on any atom is -0.543 e. The van der Waals surface area contributed by atoms with Gasteiger partial charge in [0.1, 0.15) is 0 Å². The summed E-state index contributed by atoms with van der Waals surface area (Å²) in [5, 5.41) is 10.0. The van der Waals surface area contributed by atoms with E-state index in [1.54, 1.807) is 0 Å². The fourth-order valence-corrected chi connectivity index (χ4v) is 0.522. The predicted molar refractivity (Wildman–Crippen MR) is 28.5 cm³/mol. The highest BCUT2D eigenvalue weighted by Crippen LogP contribution is 1.94. The van der Waals surface area contributed by atoms with Crippen LogP contribution in [0, 0.1) is 5.95 Å². The topological polar surface area (TPSA) is 53.0 Å². The van der Waals surface area contributed by atoms with Gasteiger partial charge >= 0.3 is 0 Å². The molecule has 0 aliphatic rings. The molecule has 0 atom stereocenters. The molecule has 0 aliphatic carbocycles. The van der Waals surface area contributed by atoms with Crippen molar-refractivity contribution in [3.63, 3.8) is 0 Å². The van der Waals surface area contributed by atoms with E-state index in [0.717, 1.165) is 6.07 Å². The molecule has 1 aromatic rings. The highest BCUT2D eigenvalue weighted by Gasteiger charge is 1.94. The van der Waals surface area contributed by atoms with E-state index in [1.807, 2.05) is 0 Å². The van der Waals surface area contributed by atoms with Gasteiger partial charge in [-0.15, -0.1) is 0 Å². The van der Waals surface area contributed by atoms with Gasteiger partial charge in [-0.2, -0.15) is 4.39 Å². The Balaban J connectivity index is 3.07. The zero-order chi connectivity index (χ0) is 7.56. The molecule has 1 aromatic heterocycles. The molecule has 0 aliphatic heterocycles. The summed E-state index contributed by atoms with van der Waals surface area (Å²) in [6.07, 6.45) is 0. The van der Waals surface area contributed by atoms with Crippen LogP contribution in [0.15, 0.2) is 18.2 Å². The number of carboxylic acid groups (broad SMARTS) is 1.